The summed E-state index contributed by atoms with van der Waals surface area (Å²) >= 11 is 0. The van der Waals surface area contributed by atoms with Crippen LogP contribution in [0.1, 0.15) is 18.4 Å². The van der Waals surface area contributed by atoms with Gasteiger partial charge < -0.3 is 9.80 Å². The van der Waals surface area contributed by atoms with Gasteiger partial charge in [-0.25, -0.2) is 0 Å². The van der Waals surface area contributed by atoms with E-state index in [0.29, 0.717) is 0 Å². The highest BCUT2D eigenvalue weighted by Crippen LogP contribution is 2.15. The maximum absolute atomic E-state index is 4.24. The fraction of sp³-hybridized carbons (Fsp3) is 0.421. The van der Waals surface area contributed by atoms with Crippen LogP contribution in [0.5, 0.6) is 0 Å². The number of hydrogen-bond donors (Lipinski definition) is 0. The van der Waals surface area contributed by atoms with Gasteiger partial charge in [0.2, 0.25) is 0 Å². The van der Waals surface area contributed by atoms with Gasteiger partial charge in [-0.1, -0.05) is 30.3 Å². The van der Waals surface area contributed by atoms with E-state index in [0.717, 1.165) is 19.6 Å². The molecule has 1 fully saturated rings. The highest BCUT2D eigenvalue weighted by atomic mass is 15.2. The molecule has 0 bridgehead atoms. The van der Waals surface area contributed by atoms with Crippen molar-refractivity contribution < 1.29 is 0 Å². The Bertz CT molecular complexity index is 541. The van der Waals surface area contributed by atoms with Gasteiger partial charge in [-0.05, 0) is 50.0 Å². The molecule has 0 radical (unpaired) electrons. The third-order valence-electron chi connectivity index (χ3n) is 4.38. The van der Waals surface area contributed by atoms with Crippen LogP contribution in [0, 0.1) is 0 Å². The molecule has 1 saturated heterocycles. The van der Waals surface area contributed by atoms with Crippen LogP contribution in [0.2, 0.25) is 0 Å². The van der Waals surface area contributed by atoms with Crippen molar-refractivity contribution in [1.82, 2.24) is 9.88 Å². The van der Waals surface area contributed by atoms with Gasteiger partial charge in [0.15, 0.2) is 0 Å². The summed E-state index contributed by atoms with van der Waals surface area (Å²) < 4.78 is 0. The Balaban J connectivity index is 1.44. The molecule has 22 heavy (non-hydrogen) atoms. The first-order chi connectivity index (χ1) is 10.9. The van der Waals surface area contributed by atoms with Crippen molar-refractivity contribution in [3.63, 3.8) is 0 Å². The van der Waals surface area contributed by atoms with Crippen molar-refractivity contribution in [2.24, 2.45) is 0 Å². The highest BCUT2D eigenvalue weighted by Gasteiger charge is 2.14. The molecule has 3 rings (SSSR count). The minimum absolute atomic E-state index is 1.11. The Labute approximate surface area is 133 Å². The van der Waals surface area contributed by atoms with Crippen molar-refractivity contribution in [3.8, 4) is 0 Å². The van der Waals surface area contributed by atoms with Gasteiger partial charge in [0.05, 0.1) is 11.9 Å². The molecule has 0 unspecified atom stereocenters. The Morgan fingerprint density at radius 2 is 1.82 bits per heavy atom. The lowest BCUT2D eigenvalue weighted by molar-refractivity contribution is 0.290. The van der Waals surface area contributed by atoms with Crippen molar-refractivity contribution >= 4 is 5.69 Å². The summed E-state index contributed by atoms with van der Waals surface area (Å²) in [7, 11) is 0. The van der Waals surface area contributed by atoms with E-state index in [1.165, 1.54) is 43.6 Å². The minimum atomic E-state index is 1.11. The van der Waals surface area contributed by atoms with Crippen LogP contribution < -0.4 is 4.90 Å². The third kappa shape index (κ3) is 4.31. The number of hydrogen-bond acceptors (Lipinski definition) is 3. The van der Waals surface area contributed by atoms with E-state index in [9.17, 15) is 0 Å². The predicted octanol–water partition coefficient (Wildman–Crippen LogP) is 3.23. The zero-order valence-electron chi connectivity index (χ0n) is 13.2. The van der Waals surface area contributed by atoms with Gasteiger partial charge in [0.25, 0.3) is 0 Å². The Morgan fingerprint density at radius 1 is 0.909 bits per heavy atom. The van der Waals surface area contributed by atoms with Crippen molar-refractivity contribution in [1.29, 1.82) is 0 Å². The summed E-state index contributed by atoms with van der Waals surface area (Å²) in [6, 6.07) is 15.0. The highest BCUT2D eigenvalue weighted by molar-refractivity contribution is 5.43. The van der Waals surface area contributed by atoms with E-state index in [1.54, 1.807) is 0 Å². The number of benzene rings is 1. The molecule has 2 aromatic rings. The van der Waals surface area contributed by atoms with Crippen molar-refractivity contribution in [2.45, 2.75) is 19.3 Å². The molecular formula is C19H25N3. The normalized spacial score (nSPS) is 16.5. The molecule has 3 nitrogen and oxygen atoms in total. The Morgan fingerprint density at radius 3 is 2.64 bits per heavy atom. The molecule has 0 aliphatic carbocycles. The van der Waals surface area contributed by atoms with Gasteiger partial charge in [0, 0.05) is 25.8 Å². The molecule has 0 atom stereocenters. The number of rotatable bonds is 5. The largest absolute Gasteiger partial charge is 0.369 e. The average molecular weight is 295 g/mol. The van der Waals surface area contributed by atoms with E-state index in [2.05, 4.69) is 51.2 Å². The molecule has 0 spiro atoms. The molecule has 0 N–H and O–H groups in total. The van der Waals surface area contributed by atoms with Crippen LogP contribution in [0.4, 0.5) is 5.69 Å². The van der Waals surface area contributed by atoms with Gasteiger partial charge in [-0.3, -0.25) is 4.98 Å². The summed E-state index contributed by atoms with van der Waals surface area (Å²) in [5.74, 6) is 0. The summed E-state index contributed by atoms with van der Waals surface area (Å²) in [5, 5.41) is 0. The number of aryl methyl sites for hydroxylation is 1. The van der Waals surface area contributed by atoms with E-state index in [4.69, 9.17) is 0 Å². The number of pyridine rings is 1. The molecule has 1 aromatic carbocycles. The number of nitrogens with zero attached hydrogens (tertiary/aromatic N) is 3. The maximum Gasteiger partial charge on any atom is 0.0553 e. The number of anilines is 1. The van der Waals surface area contributed by atoms with E-state index < -0.39 is 0 Å². The van der Waals surface area contributed by atoms with Crippen LogP contribution in [0.3, 0.4) is 0 Å². The standard InChI is InChI=1S/C19H25N3/c1-2-7-18(8-3-1)9-5-12-21-13-6-14-22(16-15-21)19-10-4-11-20-17-19/h1-4,7-8,10-11,17H,5-6,9,12-16H2. The van der Waals surface area contributed by atoms with Crippen LogP contribution in [-0.2, 0) is 6.42 Å². The molecule has 0 amide bonds. The number of aromatic nitrogens is 1. The Kier molecular flexibility index (Phi) is 5.43. The van der Waals surface area contributed by atoms with Crippen molar-refractivity contribution in [3.05, 3.63) is 60.4 Å². The van der Waals surface area contributed by atoms with Crippen molar-refractivity contribution in [2.75, 3.05) is 37.6 Å². The maximum atomic E-state index is 4.24. The summed E-state index contributed by atoms with van der Waals surface area (Å²) in [6.45, 7) is 5.82. The molecule has 1 aliphatic rings. The van der Waals surface area contributed by atoms with Gasteiger partial charge in [-0.2, -0.15) is 0 Å². The van der Waals surface area contributed by atoms with Gasteiger partial charge in [-0.15, -0.1) is 0 Å². The Hall–Kier alpha value is -1.87. The van der Waals surface area contributed by atoms with Gasteiger partial charge in [0.1, 0.15) is 0 Å². The molecule has 3 heteroatoms. The molecule has 1 aliphatic heterocycles. The summed E-state index contributed by atoms with van der Waals surface area (Å²) in [5.41, 5.74) is 2.71. The SMILES string of the molecule is c1ccc(CCCN2CCCN(c3cccnc3)CC2)cc1. The first kappa shape index (κ1) is 15.0. The second-order valence-electron chi connectivity index (χ2n) is 5.98. The molecule has 1 aromatic heterocycles. The second kappa shape index (κ2) is 7.95. The fourth-order valence-corrected chi connectivity index (χ4v) is 3.14. The van der Waals surface area contributed by atoms with Gasteiger partial charge >= 0.3 is 0 Å². The average Bonchev–Trinajstić information content (AvgIpc) is 2.82. The topological polar surface area (TPSA) is 19.4 Å². The van der Waals surface area contributed by atoms with Crippen LogP contribution in [0.25, 0.3) is 0 Å². The molecule has 2 heterocycles. The zero-order chi connectivity index (χ0) is 15.0. The molecular weight excluding hydrogens is 270 g/mol. The smallest absolute Gasteiger partial charge is 0.0553 e. The lowest BCUT2D eigenvalue weighted by Gasteiger charge is -2.23. The molecule has 116 valence electrons. The van der Waals surface area contributed by atoms with E-state index >= 15 is 0 Å². The zero-order valence-corrected chi connectivity index (χ0v) is 13.2. The molecule has 0 saturated carbocycles. The first-order valence-corrected chi connectivity index (χ1v) is 8.33. The second-order valence-corrected chi connectivity index (χ2v) is 5.98. The monoisotopic (exact) mass is 295 g/mol. The van der Waals surface area contributed by atoms with Crippen LogP contribution in [0.15, 0.2) is 54.9 Å². The van der Waals surface area contributed by atoms with E-state index in [-0.39, 0.29) is 0 Å². The quantitative estimate of drug-likeness (QED) is 0.844. The third-order valence-corrected chi connectivity index (χ3v) is 4.38. The lowest BCUT2D eigenvalue weighted by atomic mass is 10.1. The summed E-state index contributed by atoms with van der Waals surface area (Å²) in [4.78, 5) is 9.31. The predicted molar refractivity (Wildman–Crippen MR) is 92.3 cm³/mol. The minimum Gasteiger partial charge on any atom is -0.369 e. The summed E-state index contributed by atoms with van der Waals surface area (Å²) in [6.07, 6.45) is 7.49. The van der Waals surface area contributed by atoms with E-state index in [1.807, 2.05) is 18.5 Å². The van der Waals surface area contributed by atoms with Crippen LogP contribution in [-0.4, -0.2) is 42.6 Å². The van der Waals surface area contributed by atoms with Crippen LogP contribution >= 0.6 is 0 Å². The fourth-order valence-electron chi connectivity index (χ4n) is 3.14. The first-order valence-electron chi connectivity index (χ1n) is 8.33. The lowest BCUT2D eigenvalue weighted by Crippen LogP contribution is -2.31.